The number of hydrogen-bond acceptors (Lipinski definition) is 4. The number of piperidine rings is 1. The van der Waals surface area contributed by atoms with E-state index in [0.29, 0.717) is 17.0 Å². The third kappa shape index (κ3) is 3.90. The van der Waals surface area contributed by atoms with Crippen LogP contribution in [0.3, 0.4) is 0 Å². The molecule has 3 rings (SSSR count). The van der Waals surface area contributed by atoms with Gasteiger partial charge in [0.05, 0.1) is 12.8 Å². The maximum absolute atomic E-state index is 12.6. The average Bonchev–Trinajstić information content (AvgIpc) is 3.28. The maximum atomic E-state index is 12.6. The third-order valence-electron chi connectivity index (χ3n) is 5.22. The van der Waals surface area contributed by atoms with Gasteiger partial charge in [-0.3, -0.25) is 9.59 Å². The first-order valence-electron chi connectivity index (χ1n) is 8.38. The minimum Gasteiger partial charge on any atom is -0.495 e. The predicted octanol–water partition coefficient (Wildman–Crippen LogP) is 2.15. The molecule has 1 unspecified atom stereocenters. The number of halogens is 1. The Labute approximate surface area is 154 Å². The number of carbonyl (C=O) groups is 2. The minimum atomic E-state index is -0.0953. The number of nitrogens with zero attached hydrogens (tertiary/aromatic N) is 1. The van der Waals surface area contributed by atoms with Gasteiger partial charge in [-0.15, -0.1) is 12.4 Å². The van der Waals surface area contributed by atoms with Gasteiger partial charge >= 0.3 is 0 Å². The zero-order valence-corrected chi connectivity index (χ0v) is 15.7. The van der Waals surface area contributed by atoms with Crippen LogP contribution in [-0.4, -0.2) is 51.0 Å². The van der Waals surface area contributed by atoms with Gasteiger partial charge in [0.25, 0.3) is 5.91 Å². The fourth-order valence-corrected chi connectivity index (χ4v) is 3.60. The lowest BCUT2D eigenvalue weighted by Gasteiger charge is -2.23. The van der Waals surface area contributed by atoms with E-state index in [1.54, 1.807) is 39.4 Å². The third-order valence-corrected chi connectivity index (χ3v) is 5.22. The monoisotopic (exact) mass is 367 g/mol. The molecule has 1 atom stereocenters. The van der Waals surface area contributed by atoms with E-state index in [1.807, 2.05) is 0 Å². The molecule has 0 aromatic heterocycles. The summed E-state index contributed by atoms with van der Waals surface area (Å²) < 4.78 is 5.36. The molecule has 1 aliphatic heterocycles. The van der Waals surface area contributed by atoms with E-state index in [2.05, 4.69) is 10.6 Å². The van der Waals surface area contributed by atoms with Crippen LogP contribution >= 0.6 is 12.4 Å². The lowest BCUT2D eigenvalue weighted by atomic mass is 9.92. The van der Waals surface area contributed by atoms with Crippen molar-refractivity contribution in [1.29, 1.82) is 0 Å². The molecule has 2 N–H and O–H groups in total. The van der Waals surface area contributed by atoms with Crippen molar-refractivity contribution in [1.82, 2.24) is 10.2 Å². The van der Waals surface area contributed by atoms with Crippen LogP contribution < -0.4 is 15.4 Å². The molecule has 2 amide bonds. The summed E-state index contributed by atoms with van der Waals surface area (Å²) in [6.45, 7) is 1.99. The van der Waals surface area contributed by atoms with E-state index in [9.17, 15) is 9.59 Å². The van der Waals surface area contributed by atoms with E-state index >= 15 is 0 Å². The second-order valence-corrected chi connectivity index (χ2v) is 6.97. The van der Waals surface area contributed by atoms with E-state index < -0.39 is 0 Å². The second-order valence-electron chi connectivity index (χ2n) is 6.97. The molecule has 0 bridgehead atoms. The summed E-state index contributed by atoms with van der Waals surface area (Å²) in [6, 6.07) is 5.13. The van der Waals surface area contributed by atoms with E-state index in [0.717, 1.165) is 32.4 Å². The van der Waals surface area contributed by atoms with Crippen LogP contribution in [-0.2, 0) is 4.79 Å². The molecule has 1 aromatic rings. The number of benzene rings is 1. The molecule has 0 radical (unpaired) electrons. The van der Waals surface area contributed by atoms with Crippen LogP contribution in [0.2, 0.25) is 0 Å². The van der Waals surface area contributed by atoms with Crippen molar-refractivity contribution >= 4 is 29.9 Å². The van der Waals surface area contributed by atoms with Gasteiger partial charge in [-0.05, 0) is 56.0 Å². The van der Waals surface area contributed by atoms with Crippen molar-refractivity contribution in [2.24, 2.45) is 11.3 Å². The quantitative estimate of drug-likeness (QED) is 0.855. The number of anilines is 1. The molecule has 1 saturated carbocycles. The molecule has 25 heavy (non-hydrogen) atoms. The highest BCUT2D eigenvalue weighted by atomic mass is 35.5. The number of nitrogens with one attached hydrogen (secondary N) is 2. The Kier molecular flexibility index (Phi) is 5.95. The van der Waals surface area contributed by atoms with E-state index in [4.69, 9.17) is 4.74 Å². The Hall–Kier alpha value is -1.79. The SMILES string of the molecule is COc1cc(C(=O)N(C)C)ccc1NC(=O)C1CC12CCNCC2.Cl. The molecule has 2 fully saturated rings. The molecule has 1 spiro atoms. The van der Waals surface area contributed by atoms with Crippen molar-refractivity contribution in [3.8, 4) is 5.75 Å². The van der Waals surface area contributed by atoms with Crippen molar-refractivity contribution in [2.45, 2.75) is 19.3 Å². The van der Waals surface area contributed by atoms with Crippen molar-refractivity contribution < 1.29 is 14.3 Å². The van der Waals surface area contributed by atoms with Gasteiger partial charge in [0.15, 0.2) is 0 Å². The molecule has 1 saturated heterocycles. The highest BCUT2D eigenvalue weighted by Gasteiger charge is 2.57. The van der Waals surface area contributed by atoms with Gasteiger partial charge in [-0.1, -0.05) is 0 Å². The second kappa shape index (κ2) is 7.62. The molecule has 1 aromatic carbocycles. The molecule has 1 aliphatic carbocycles. The Morgan fingerprint density at radius 3 is 2.56 bits per heavy atom. The van der Waals surface area contributed by atoms with Crippen LogP contribution in [0.5, 0.6) is 5.75 Å². The number of rotatable bonds is 4. The zero-order chi connectivity index (χ0) is 17.3. The van der Waals surface area contributed by atoms with Crippen molar-refractivity contribution in [3.63, 3.8) is 0 Å². The fraction of sp³-hybridized carbons (Fsp3) is 0.556. The zero-order valence-electron chi connectivity index (χ0n) is 14.9. The van der Waals surface area contributed by atoms with Gasteiger partial charge in [-0.25, -0.2) is 0 Å². The maximum Gasteiger partial charge on any atom is 0.253 e. The first-order valence-corrected chi connectivity index (χ1v) is 8.38. The Morgan fingerprint density at radius 2 is 1.96 bits per heavy atom. The van der Waals surface area contributed by atoms with Crippen molar-refractivity contribution in [2.75, 3.05) is 39.6 Å². The Bertz CT molecular complexity index is 657. The van der Waals surface area contributed by atoms with Crippen LogP contribution in [0.1, 0.15) is 29.6 Å². The molecule has 138 valence electrons. The van der Waals surface area contributed by atoms with Crippen LogP contribution in [0.4, 0.5) is 5.69 Å². The number of ether oxygens (including phenoxy) is 1. The average molecular weight is 368 g/mol. The summed E-state index contributed by atoms with van der Waals surface area (Å²) in [5.74, 6) is 0.562. The van der Waals surface area contributed by atoms with E-state index in [-0.39, 0.29) is 35.6 Å². The molecular formula is C18H26ClN3O3. The molecule has 7 heteroatoms. The highest BCUT2D eigenvalue weighted by molar-refractivity contribution is 5.98. The topological polar surface area (TPSA) is 70.7 Å². The van der Waals surface area contributed by atoms with Crippen LogP contribution in [0.15, 0.2) is 18.2 Å². The normalized spacial score (nSPS) is 20.4. The number of amides is 2. The molecule has 2 aliphatic rings. The Morgan fingerprint density at radius 1 is 1.28 bits per heavy atom. The lowest BCUT2D eigenvalue weighted by molar-refractivity contribution is -0.118. The van der Waals surface area contributed by atoms with Gasteiger partial charge in [0.2, 0.25) is 5.91 Å². The summed E-state index contributed by atoms with van der Waals surface area (Å²) in [5, 5.41) is 6.33. The van der Waals surface area contributed by atoms with Gasteiger partial charge < -0.3 is 20.3 Å². The fourth-order valence-electron chi connectivity index (χ4n) is 3.60. The first kappa shape index (κ1) is 19.5. The van der Waals surface area contributed by atoms with Gasteiger partial charge in [-0.2, -0.15) is 0 Å². The largest absolute Gasteiger partial charge is 0.495 e. The summed E-state index contributed by atoms with van der Waals surface area (Å²) in [6.07, 6.45) is 3.11. The lowest BCUT2D eigenvalue weighted by Crippen LogP contribution is -2.31. The standard InChI is InChI=1S/C18H25N3O3.ClH/c1-21(2)17(23)12-4-5-14(15(10-12)24-3)20-16(22)13-11-18(13)6-8-19-9-7-18;/h4-5,10,13,19H,6-9,11H2,1-3H3,(H,20,22);1H. The summed E-state index contributed by atoms with van der Waals surface area (Å²) >= 11 is 0. The molecular weight excluding hydrogens is 342 g/mol. The summed E-state index contributed by atoms with van der Waals surface area (Å²) in [4.78, 5) is 26.1. The molecule has 6 nitrogen and oxygen atoms in total. The first-order chi connectivity index (χ1) is 11.5. The minimum absolute atomic E-state index is 0. The summed E-state index contributed by atoms with van der Waals surface area (Å²) in [5.41, 5.74) is 1.36. The highest BCUT2D eigenvalue weighted by Crippen LogP contribution is 2.58. The smallest absolute Gasteiger partial charge is 0.253 e. The van der Waals surface area contributed by atoms with Crippen LogP contribution in [0.25, 0.3) is 0 Å². The summed E-state index contributed by atoms with van der Waals surface area (Å²) in [7, 11) is 4.95. The van der Waals surface area contributed by atoms with Crippen LogP contribution in [0, 0.1) is 11.3 Å². The molecule has 1 heterocycles. The van der Waals surface area contributed by atoms with Crippen molar-refractivity contribution in [3.05, 3.63) is 23.8 Å². The number of carbonyl (C=O) groups excluding carboxylic acids is 2. The van der Waals surface area contributed by atoms with Gasteiger partial charge in [0.1, 0.15) is 5.75 Å². The van der Waals surface area contributed by atoms with Gasteiger partial charge in [0, 0.05) is 25.6 Å². The predicted molar refractivity (Wildman–Crippen MR) is 99.5 cm³/mol. The number of hydrogen-bond donors (Lipinski definition) is 2. The van der Waals surface area contributed by atoms with E-state index in [1.165, 1.54) is 4.90 Å². The number of methoxy groups -OCH3 is 1. The Balaban J connectivity index is 0.00000225.